The first kappa shape index (κ1) is 13.2. The van der Waals surface area contributed by atoms with Gasteiger partial charge in [-0.25, -0.2) is 0 Å². The van der Waals surface area contributed by atoms with E-state index in [1.165, 1.54) is 11.6 Å². The molecule has 0 aliphatic rings. The highest BCUT2D eigenvalue weighted by atomic mass is 16.1. The Balaban J connectivity index is 2.32. The van der Waals surface area contributed by atoms with Crippen LogP contribution in [0.2, 0.25) is 0 Å². The van der Waals surface area contributed by atoms with Crippen LogP contribution in [0.4, 0.5) is 0 Å². The minimum Gasteiger partial charge on any atom is -0.366 e. The van der Waals surface area contributed by atoms with E-state index in [2.05, 4.69) is 29.9 Å². The van der Waals surface area contributed by atoms with Gasteiger partial charge in [0.05, 0.1) is 11.0 Å². The average molecular weight is 255 g/mol. The van der Waals surface area contributed by atoms with Gasteiger partial charge in [0, 0.05) is 18.5 Å². The standard InChI is InChI=1S/C15H17N3O/c1-10(2)5-12-7-14-13(18-9-12)6-11(8-17-14)3-4-15(16)19/h3-4,6-10H,5H2,1-2H3,(H2,16,19). The van der Waals surface area contributed by atoms with Gasteiger partial charge in [-0.1, -0.05) is 13.8 Å². The van der Waals surface area contributed by atoms with Gasteiger partial charge in [-0.2, -0.15) is 0 Å². The maximum Gasteiger partial charge on any atom is 0.241 e. The zero-order chi connectivity index (χ0) is 13.8. The molecule has 2 aromatic heterocycles. The molecule has 0 aromatic carbocycles. The van der Waals surface area contributed by atoms with Crippen molar-refractivity contribution in [1.29, 1.82) is 0 Å². The molecular formula is C15H17N3O. The predicted molar refractivity (Wildman–Crippen MR) is 76.3 cm³/mol. The minimum absolute atomic E-state index is 0.472. The Kier molecular flexibility index (Phi) is 3.90. The number of amides is 1. The molecule has 0 atom stereocenters. The van der Waals surface area contributed by atoms with E-state index in [0.29, 0.717) is 5.92 Å². The van der Waals surface area contributed by atoms with Gasteiger partial charge in [0.1, 0.15) is 0 Å². The van der Waals surface area contributed by atoms with Crippen molar-refractivity contribution in [1.82, 2.24) is 9.97 Å². The van der Waals surface area contributed by atoms with Crippen LogP contribution in [0.1, 0.15) is 25.0 Å². The van der Waals surface area contributed by atoms with E-state index < -0.39 is 5.91 Å². The molecule has 2 aromatic rings. The lowest BCUT2D eigenvalue weighted by Gasteiger charge is -2.05. The largest absolute Gasteiger partial charge is 0.366 e. The molecule has 0 unspecified atom stereocenters. The Hall–Kier alpha value is -2.23. The summed E-state index contributed by atoms with van der Waals surface area (Å²) >= 11 is 0. The van der Waals surface area contributed by atoms with Crippen LogP contribution in [0.25, 0.3) is 17.1 Å². The predicted octanol–water partition coefficient (Wildman–Crippen LogP) is 2.33. The number of fused-ring (bicyclic) bond motifs is 1. The van der Waals surface area contributed by atoms with E-state index in [0.717, 1.165) is 23.0 Å². The first-order valence-electron chi connectivity index (χ1n) is 6.27. The highest BCUT2D eigenvalue weighted by molar-refractivity contribution is 5.90. The maximum absolute atomic E-state index is 10.7. The smallest absolute Gasteiger partial charge is 0.241 e. The van der Waals surface area contributed by atoms with Crippen molar-refractivity contribution in [3.63, 3.8) is 0 Å². The lowest BCUT2D eigenvalue weighted by atomic mass is 10.0. The number of hydrogen-bond acceptors (Lipinski definition) is 3. The maximum atomic E-state index is 10.7. The number of nitrogens with zero attached hydrogens (tertiary/aromatic N) is 2. The summed E-state index contributed by atoms with van der Waals surface area (Å²) in [6.07, 6.45) is 7.54. The SMILES string of the molecule is CC(C)Cc1cnc2cc(C=CC(N)=O)cnc2c1. The second kappa shape index (κ2) is 5.61. The molecule has 1 amide bonds. The molecule has 0 saturated carbocycles. The van der Waals surface area contributed by atoms with Gasteiger partial charge in [-0.3, -0.25) is 14.8 Å². The molecule has 0 aliphatic carbocycles. The molecule has 4 heteroatoms. The lowest BCUT2D eigenvalue weighted by Crippen LogP contribution is -2.05. The summed E-state index contributed by atoms with van der Waals surface area (Å²) in [5, 5.41) is 0. The Morgan fingerprint density at radius 3 is 2.63 bits per heavy atom. The monoisotopic (exact) mass is 255 g/mol. The number of rotatable bonds is 4. The number of pyridine rings is 2. The molecule has 0 bridgehead atoms. The van der Waals surface area contributed by atoms with Crippen molar-refractivity contribution >= 4 is 23.0 Å². The average Bonchev–Trinajstić information content (AvgIpc) is 2.35. The van der Waals surface area contributed by atoms with Crippen LogP contribution in [0.15, 0.2) is 30.6 Å². The van der Waals surface area contributed by atoms with E-state index >= 15 is 0 Å². The van der Waals surface area contributed by atoms with Crippen LogP contribution in [-0.2, 0) is 11.2 Å². The van der Waals surface area contributed by atoms with E-state index in [1.807, 2.05) is 12.3 Å². The number of carbonyl (C=O) groups excluding carboxylic acids is 1. The van der Waals surface area contributed by atoms with Crippen LogP contribution < -0.4 is 5.73 Å². The van der Waals surface area contributed by atoms with Crippen LogP contribution in [0.3, 0.4) is 0 Å². The fraction of sp³-hybridized carbons (Fsp3) is 0.267. The van der Waals surface area contributed by atoms with Crippen LogP contribution in [0, 0.1) is 5.92 Å². The van der Waals surface area contributed by atoms with Gasteiger partial charge in [-0.05, 0) is 41.7 Å². The quantitative estimate of drug-likeness (QED) is 0.852. The van der Waals surface area contributed by atoms with Gasteiger partial charge in [0.25, 0.3) is 0 Å². The molecule has 0 aliphatic heterocycles. The van der Waals surface area contributed by atoms with Crippen molar-refractivity contribution in [2.24, 2.45) is 11.7 Å². The molecule has 0 radical (unpaired) electrons. The summed E-state index contributed by atoms with van der Waals surface area (Å²) in [5.41, 5.74) is 8.75. The minimum atomic E-state index is -0.472. The van der Waals surface area contributed by atoms with Crippen molar-refractivity contribution < 1.29 is 4.79 Å². The molecule has 2 rings (SSSR count). The first-order valence-corrected chi connectivity index (χ1v) is 6.27. The zero-order valence-electron chi connectivity index (χ0n) is 11.1. The van der Waals surface area contributed by atoms with Gasteiger partial charge < -0.3 is 5.73 Å². The number of hydrogen-bond donors (Lipinski definition) is 1. The van der Waals surface area contributed by atoms with Crippen molar-refractivity contribution in [3.05, 3.63) is 41.7 Å². The van der Waals surface area contributed by atoms with Crippen molar-refractivity contribution in [3.8, 4) is 0 Å². The second-order valence-corrected chi connectivity index (χ2v) is 4.98. The summed E-state index contributed by atoms with van der Waals surface area (Å²) in [5.74, 6) is 0.123. The van der Waals surface area contributed by atoms with Crippen LogP contribution in [-0.4, -0.2) is 15.9 Å². The fourth-order valence-corrected chi connectivity index (χ4v) is 1.91. The van der Waals surface area contributed by atoms with Gasteiger partial charge in [-0.15, -0.1) is 0 Å². The first-order chi connectivity index (χ1) is 9.04. The second-order valence-electron chi connectivity index (χ2n) is 4.98. The number of aromatic nitrogens is 2. The normalized spacial score (nSPS) is 11.5. The summed E-state index contributed by atoms with van der Waals surface area (Å²) < 4.78 is 0. The van der Waals surface area contributed by atoms with Gasteiger partial charge >= 0.3 is 0 Å². The third kappa shape index (κ3) is 3.61. The summed E-state index contributed by atoms with van der Waals surface area (Å²) in [4.78, 5) is 19.5. The molecule has 0 spiro atoms. The van der Waals surface area contributed by atoms with Gasteiger partial charge in [0.2, 0.25) is 5.91 Å². The van der Waals surface area contributed by atoms with Crippen LogP contribution >= 0.6 is 0 Å². The highest BCUT2D eigenvalue weighted by Gasteiger charge is 2.02. The van der Waals surface area contributed by atoms with Crippen molar-refractivity contribution in [2.45, 2.75) is 20.3 Å². The molecule has 4 nitrogen and oxygen atoms in total. The Bertz CT molecular complexity index is 632. The molecule has 2 heterocycles. The molecule has 19 heavy (non-hydrogen) atoms. The summed E-state index contributed by atoms with van der Waals surface area (Å²) in [7, 11) is 0. The van der Waals surface area contributed by atoms with E-state index in [9.17, 15) is 4.79 Å². The molecular weight excluding hydrogens is 238 g/mol. The highest BCUT2D eigenvalue weighted by Crippen LogP contribution is 2.15. The molecule has 0 saturated heterocycles. The third-order valence-electron chi connectivity index (χ3n) is 2.69. The number of carbonyl (C=O) groups is 1. The topological polar surface area (TPSA) is 68.9 Å². The number of nitrogens with two attached hydrogens (primary N) is 1. The van der Waals surface area contributed by atoms with E-state index in [4.69, 9.17) is 5.73 Å². The summed E-state index contributed by atoms with van der Waals surface area (Å²) in [6.45, 7) is 4.35. The van der Waals surface area contributed by atoms with Crippen molar-refractivity contribution in [2.75, 3.05) is 0 Å². The third-order valence-corrected chi connectivity index (χ3v) is 2.69. The Morgan fingerprint density at radius 1 is 1.26 bits per heavy atom. The Labute approximate surface area is 112 Å². The molecule has 2 N–H and O–H groups in total. The van der Waals surface area contributed by atoms with Crippen LogP contribution in [0.5, 0.6) is 0 Å². The van der Waals surface area contributed by atoms with E-state index in [1.54, 1.807) is 12.3 Å². The Morgan fingerprint density at radius 2 is 1.95 bits per heavy atom. The van der Waals surface area contributed by atoms with E-state index in [-0.39, 0.29) is 0 Å². The molecule has 0 fully saturated rings. The lowest BCUT2D eigenvalue weighted by molar-refractivity contribution is -0.113. The zero-order valence-corrected chi connectivity index (χ0v) is 11.1. The number of primary amides is 1. The van der Waals surface area contributed by atoms with Gasteiger partial charge in [0.15, 0.2) is 0 Å². The molecule has 98 valence electrons. The summed E-state index contributed by atoms with van der Waals surface area (Å²) in [6, 6.07) is 3.95. The fourth-order valence-electron chi connectivity index (χ4n) is 1.91.